The molecule has 6 heteroatoms. The number of nitrogens with one attached hydrogen (secondary N) is 1. The van der Waals surface area contributed by atoms with Crippen LogP contribution in [-0.2, 0) is 6.54 Å². The molecule has 1 N–H and O–H groups in total. The van der Waals surface area contributed by atoms with E-state index in [2.05, 4.69) is 26.3 Å². The van der Waals surface area contributed by atoms with Crippen LogP contribution in [0.1, 0.15) is 31.9 Å². The number of halogens is 2. The number of benzene rings is 1. The number of anilines is 1. The van der Waals surface area contributed by atoms with Gasteiger partial charge in [-0.3, -0.25) is 4.79 Å². The van der Waals surface area contributed by atoms with Gasteiger partial charge >= 0.3 is 0 Å². The predicted octanol–water partition coefficient (Wildman–Crippen LogP) is 4.24. The zero-order valence-electron chi connectivity index (χ0n) is 11.9. The highest BCUT2D eigenvalue weighted by molar-refractivity contribution is 9.10. The van der Waals surface area contributed by atoms with Crippen molar-refractivity contribution >= 4 is 33.2 Å². The highest BCUT2D eigenvalue weighted by Crippen LogP contribution is 2.23. The summed E-state index contributed by atoms with van der Waals surface area (Å²) in [5, 5.41) is 7.56. The maximum atomic E-state index is 12.1. The molecular formula is C15H17BrClN3O. The molecule has 0 saturated carbocycles. The van der Waals surface area contributed by atoms with Gasteiger partial charge in [0.25, 0.3) is 5.56 Å². The van der Waals surface area contributed by atoms with Crippen LogP contribution in [0.25, 0.3) is 0 Å². The maximum Gasteiger partial charge on any atom is 0.287 e. The van der Waals surface area contributed by atoms with E-state index in [1.807, 2.05) is 38.1 Å². The lowest BCUT2D eigenvalue weighted by Gasteiger charge is -2.17. The molecule has 112 valence electrons. The van der Waals surface area contributed by atoms with E-state index in [0.717, 1.165) is 16.5 Å². The molecule has 1 heterocycles. The minimum atomic E-state index is -0.258. The first-order valence-corrected chi connectivity index (χ1v) is 7.97. The smallest absolute Gasteiger partial charge is 0.287 e. The fourth-order valence-electron chi connectivity index (χ4n) is 2.00. The van der Waals surface area contributed by atoms with Crippen LogP contribution in [0.3, 0.4) is 0 Å². The molecular weight excluding hydrogens is 354 g/mol. The summed E-state index contributed by atoms with van der Waals surface area (Å²) in [4.78, 5) is 12.1. The number of hydrogen-bond donors (Lipinski definition) is 1. The zero-order valence-corrected chi connectivity index (χ0v) is 14.3. The van der Waals surface area contributed by atoms with Crippen molar-refractivity contribution in [3.63, 3.8) is 0 Å². The minimum absolute atomic E-state index is 0.0267. The molecule has 1 unspecified atom stereocenters. The van der Waals surface area contributed by atoms with Gasteiger partial charge in [0.15, 0.2) is 0 Å². The first kappa shape index (κ1) is 16.0. The van der Waals surface area contributed by atoms with Crippen molar-refractivity contribution in [1.29, 1.82) is 0 Å². The Balaban J connectivity index is 2.21. The van der Waals surface area contributed by atoms with Gasteiger partial charge in [-0.2, -0.15) is 5.10 Å². The summed E-state index contributed by atoms with van der Waals surface area (Å²) >= 11 is 9.56. The Morgan fingerprint density at radius 3 is 2.67 bits per heavy atom. The number of nitrogens with zero attached hydrogens (tertiary/aromatic N) is 2. The Morgan fingerprint density at radius 1 is 1.38 bits per heavy atom. The Labute approximate surface area is 137 Å². The highest BCUT2D eigenvalue weighted by atomic mass is 79.9. The van der Waals surface area contributed by atoms with Crippen LogP contribution < -0.4 is 10.9 Å². The SMILES string of the molecule is CCCn1ncc(NC(C)c2ccc(Br)cc2)c(Cl)c1=O. The van der Waals surface area contributed by atoms with Crippen LogP contribution in [-0.4, -0.2) is 9.78 Å². The molecule has 0 aliphatic rings. The van der Waals surface area contributed by atoms with Gasteiger partial charge in [0, 0.05) is 17.1 Å². The third-order valence-corrected chi connectivity index (χ3v) is 4.06. The summed E-state index contributed by atoms with van der Waals surface area (Å²) in [7, 11) is 0. The van der Waals surface area contributed by atoms with Crippen molar-refractivity contribution in [1.82, 2.24) is 9.78 Å². The molecule has 1 aromatic heterocycles. The molecule has 0 radical (unpaired) electrons. The molecule has 2 aromatic rings. The van der Waals surface area contributed by atoms with Crippen LogP contribution in [0.4, 0.5) is 5.69 Å². The molecule has 1 atom stereocenters. The van der Waals surface area contributed by atoms with E-state index in [4.69, 9.17) is 11.6 Å². The maximum absolute atomic E-state index is 12.1. The van der Waals surface area contributed by atoms with E-state index in [1.54, 1.807) is 6.20 Å². The molecule has 0 fully saturated rings. The van der Waals surface area contributed by atoms with Crippen molar-refractivity contribution in [2.24, 2.45) is 0 Å². The van der Waals surface area contributed by atoms with E-state index in [1.165, 1.54) is 4.68 Å². The molecule has 2 rings (SSSR count). The highest BCUT2D eigenvalue weighted by Gasteiger charge is 2.12. The van der Waals surface area contributed by atoms with Gasteiger partial charge in [-0.1, -0.05) is 46.6 Å². The summed E-state index contributed by atoms with van der Waals surface area (Å²) in [5.41, 5.74) is 1.41. The average molecular weight is 371 g/mol. The summed E-state index contributed by atoms with van der Waals surface area (Å²) in [6.45, 7) is 4.57. The summed E-state index contributed by atoms with van der Waals surface area (Å²) in [5.74, 6) is 0. The molecule has 0 saturated heterocycles. The first-order valence-electron chi connectivity index (χ1n) is 6.80. The number of hydrogen-bond acceptors (Lipinski definition) is 3. The quantitative estimate of drug-likeness (QED) is 0.856. The van der Waals surface area contributed by atoms with E-state index < -0.39 is 0 Å². The summed E-state index contributed by atoms with van der Waals surface area (Å²) in [6.07, 6.45) is 2.44. The number of aromatic nitrogens is 2. The van der Waals surface area contributed by atoms with Crippen molar-refractivity contribution in [3.05, 3.63) is 55.9 Å². The van der Waals surface area contributed by atoms with Gasteiger partial charge in [0.2, 0.25) is 0 Å². The van der Waals surface area contributed by atoms with Gasteiger partial charge in [-0.25, -0.2) is 4.68 Å². The van der Waals surface area contributed by atoms with Crippen molar-refractivity contribution in [2.45, 2.75) is 32.9 Å². The molecule has 21 heavy (non-hydrogen) atoms. The average Bonchev–Trinajstić information content (AvgIpc) is 2.47. The molecule has 1 aromatic carbocycles. The van der Waals surface area contributed by atoms with Crippen molar-refractivity contribution in [2.75, 3.05) is 5.32 Å². The van der Waals surface area contributed by atoms with Gasteiger partial charge in [0.1, 0.15) is 5.02 Å². The van der Waals surface area contributed by atoms with Crippen LogP contribution in [0.15, 0.2) is 39.7 Å². The Bertz CT molecular complexity index is 670. The number of aryl methyl sites for hydroxylation is 1. The monoisotopic (exact) mass is 369 g/mol. The van der Waals surface area contributed by atoms with Gasteiger partial charge in [-0.15, -0.1) is 0 Å². The first-order chi connectivity index (χ1) is 10.0. The Hall–Kier alpha value is -1.33. The third kappa shape index (κ3) is 3.86. The van der Waals surface area contributed by atoms with E-state index in [9.17, 15) is 4.79 Å². The van der Waals surface area contributed by atoms with Gasteiger partial charge < -0.3 is 5.32 Å². The minimum Gasteiger partial charge on any atom is -0.376 e. The van der Waals surface area contributed by atoms with Gasteiger partial charge in [-0.05, 0) is 31.0 Å². The fourth-order valence-corrected chi connectivity index (χ4v) is 2.47. The van der Waals surface area contributed by atoms with Gasteiger partial charge in [0.05, 0.1) is 11.9 Å². The van der Waals surface area contributed by atoms with E-state index >= 15 is 0 Å². The zero-order chi connectivity index (χ0) is 15.4. The van der Waals surface area contributed by atoms with E-state index in [-0.39, 0.29) is 16.6 Å². The number of rotatable bonds is 5. The normalized spacial score (nSPS) is 12.2. The summed E-state index contributed by atoms with van der Waals surface area (Å²) in [6, 6.07) is 8.01. The second kappa shape index (κ2) is 7.09. The topological polar surface area (TPSA) is 46.9 Å². The Kier molecular flexibility index (Phi) is 5.42. The third-order valence-electron chi connectivity index (χ3n) is 3.16. The lowest BCUT2D eigenvalue weighted by molar-refractivity contribution is 0.568. The van der Waals surface area contributed by atoms with Crippen molar-refractivity contribution in [3.8, 4) is 0 Å². The molecule has 0 spiro atoms. The lowest BCUT2D eigenvalue weighted by atomic mass is 10.1. The molecule has 0 aliphatic heterocycles. The molecule has 0 aliphatic carbocycles. The molecule has 4 nitrogen and oxygen atoms in total. The van der Waals surface area contributed by atoms with Crippen molar-refractivity contribution < 1.29 is 0 Å². The largest absolute Gasteiger partial charge is 0.376 e. The predicted molar refractivity (Wildman–Crippen MR) is 90.0 cm³/mol. The standard InChI is InChI=1S/C15H17BrClN3O/c1-3-8-20-15(21)14(17)13(9-18-20)19-10(2)11-4-6-12(16)7-5-11/h4-7,9-10,19H,3,8H2,1-2H3. The second-order valence-corrected chi connectivity index (χ2v) is 6.11. The molecule has 0 bridgehead atoms. The van der Waals surface area contributed by atoms with Crippen LogP contribution >= 0.6 is 27.5 Å². The summed E-state index contributed by atoms with van der Waals surface area (Å²) < 4.78 is 2.41. The van der Waals surface area contributed by atoms with Crippen LogP contribution in [0.5, 0.6) is 0 Å². The van der Waals surface area contributed by atoms with Crippen LogP contribution in [0.2, 0.25) is 5.02 Å². The van der Waals surface area contributed by atoms with E-state index in [0.29, 0.717) is 12.2 Å². The second-order valence-electron chi connectivity index (χ2n) is 4.82. The fraction of sp³-hybridized carbons (Fsp3) is 0.333. The Morgan fingerprint density at radius 2 is 2.05 bits per heavy atom. The lowest BCUT2D eigenvalue weighted by Crippen LogP contribution is -2.24. The molecule has 0 amide bonds. The van der Waals surface area contributed by atoms with Crippen LogP contribution in [0, 0.1) is 0 Å².